The zero-order valence-electron chi connectivity index (χ0n) is 14.9. The Morgan fingerprint density at radius 1 is 1.24 bits per heavy atom. The highest BCUT2D eigenvalue weighted by atomic mass is 16.5. The van der Waals surface area contributed by atoms with E-state index in [2.05, 4.69) is 9.88 Å². The number of ether oxygens (including phenoxy) is 2. The predicted molar refractivity (Wildman–Crippen MR) is 94.4 cm³/mol. The number of aryl methyl sites for hydroxylation is 2. The Bertz CT molecular complexity index is 881. The molecule has 0 saturated carbocycles. The number of hydrogen-bond acceptors (Lipinski definition) is 6. The summed E-state index contributed by atoms with van der Waals surface area (Å²) in [6.45, 7) is 5.93. The molecule has 3 heterocycles. The molecular formula is C17H24N4O4. The quantitative estimate of drug-likeness (QED) is 0.757. The summed E-state index contributed by atoms with van der Waals surface area (Å²) in [5.74, 6) is 0.508. The van der Waals surface area contributed by atoms with E-state index in [0.717, 1.165) is 18.7 Å². The zero-order valence-corrected chi connectivity index (χ0v) is 14.9. The van der Waals surface area contributed by atoms with Gasteiger partial charge in [-0.15, -0.1) is 0 Å². The third kappa shape index (κ3) is 3.19. The number of nitrogens with zero attached hydrogens (tertiary/aromatic N) is 4. The molecule has 0 atom stereocenters. The van der Waals surface area contributed by atoms with Crippen LogP contribution in [0.1, 0.15) is 12.5 Å². The molecule has 1 aliphatic rings. The maximum absolute atomic E-state index is 13.0. The molecule has 0 amide bonds. The van der Waals surface area contributed by atoms with E-state index in [1.54, 1.807) is 13.2 Å². The van der Waals surface area contributed by atoms with Gasteiger partial charge in [-0.1, -0.05) is 6.92 Å². The van der Waals surface area contributed by atoms with Crippen molar-refractivity contribution in [2.75, 3.05) is 40.0 Å². The van der Waals surface area contributed by atoms with Gasteiger partial charge in [0.2, 0.25) is 0 Å². The molecule has 1 saturated heterocycles. The molecule has 0 spiro atoms. The first-order valence-corrected chi connectivity index (χ1v) is 8.54. The second kappa shape index (κ2) is 7.37. The molecule has 136 valence electrons. The fourth-order valence-corrected chi connectivity index (χ4v) is 3.21. The first kappa shape index (κ1) is 17.6. The number of aromatic nitrogens is 3. The van der Waals surface area contributed by atoms with E-state index in [1.165, 1.54) is 16.2 Å². The first-order chi connectivity index (χ1) is 12.1. The number of rotatable bonds is 5. The highest BCUT2D eigenvalue weighted by Crippen LogP contribution is 2.24. The summed E-state index contributed by atoms with van der Waals surface area (Å²) >= 11 is 0. The van der Waals surface area contributed by atoms with Crippen LogP contribution >= 0.6 is 0 Å². The molecule has 0 radical (unpaired) electrons. The molecule has 25 heavy (non-hydrogen) atoms. The van der Waals surface area contributed by atoms with Gasteiger partial charge in [0, 0.05) is 45.0 Å². The van der Waals surface area contributed by atoms with E-state index < -0.39 is 0 Å². The van der Waals surface area contributed by atoms with Gasteiger partial charge in [-0.2, -0.15) is 0 Å². The molecule has 8 heteroatoms. The minimum Gasteiger partial charge on any atom is -0.495 e. The van der Waals surface area contributed by atoms with Crippen molar-refractivity contribution in [1.82, 2.24) is 19.0 Å². The zero-order chi connectivity index (χ0) is 18.0. The van der Waals surface area contributed by atoms with E-state index in [9.17, 15) is 9.59 Å². The molecule has 8 nitrogen and oxygen atoms in total. The molecule has 0 bridgehead atoms. The molecule has 3 rings (SSSR count). The van der Waals surface area contributed by atoms with Crippen LogP contribution in [0.3, 0.4) is 0 Å². The summed E-state index contributed by atoms with van der Waals surface area (Å²) in [4.78, 5) is 32.1. The van der Waals surface area contributed by atoms with Crippen molar-refractivity contribution in [3.8, 4) is 5.75 Å². The third-order valence-electron chi connectivity index (χ3n) is 4.71. The summed E-state index contributed by atoms with van der Waals surface area (Å²) < 4.78 is 13.5. The first-order valence-electron chi connectivity index (χ1n) is 8.54. The van der Waals surface area contributed by atoms with E-state index >= 15 is 0 Å². The summed E-state index contributed by atoms with van der Waals surface area (Å²) in [5, 5.41) is 0.367. The van der Waals surface area contributed by atoms with Gasteiger partial charge in [0.05, 0.1) is 20.3 Å². The number of morpholine rings is 1. The van der Waals surface area contributed by atoms with Crippen LogP contribution in [0.2, 0.25) is 0 Å². The monoisotopic (exact) mass is 348 g/mol. The van der Waals surface area contributed by atoms with Gasteiger partial charge in [-0.3, -0.25) is 18.8 Å². The molecule has 1 aliphatic heterocycles. The molecule has 0 aliphatic carbocycles. The molecule has 2 aromatic heterocycles. The largest absolute Gasteiger partial charge is 0.495 e. The lowest BCUT2D eigenvalue weighted by Crippen LogP contribution is -2.44. The number of hydrogen-bond donors (Lipinski definition) is 0. The Labute approximate surface area is 145 Å². The molecular weight excluding hydrogens is 324 g/mol. The van der Waals surface area contributed by atoms with Crippen LogP contribution in [-0.4, -0.2) is 59.0 Å². The van der Waals surface area contributed by atoms with E-state index in [4.69, 9.17) is 9.47 Å². The van der Waals surface area contributed by atoms with Crippen molar-refractivity contribution >= 4 is 11.0 Å². The van der Waals surface area contributed by atoms with Crippen molar-refractivity contribution in [2.24, 2.45) is 7.05 Å². The standard InChI is InChI=1S/C17H24N4O4/c1-4-12-11-18-15-13(14(12)24-3)16(22)21(17(23)19(15)2)6-5-20-7-9-25-10-8-20/h11H,4-10H2,1-3H3. The van der Waals surface area contributed by atoms with Gasteiger partial charge >= 0.3 is 5.69 Å². The topological polar surface area (TPSA) is 78.6 Å². The van der Waals surface area contributed by atoms with Gasteiger partial charge in [0.1, 0.15) is 11.1 Å². The second-order valence-corrected chi connectivity index (χ2v) is 6.12. The number of fused-ring (bicyclic) bond motifs is 1. The van der Waals surface area contributed by atoms with Crippen molar-refractivity contribution in [3.05, 3.63) is 32.6 Å². The fraction of sp³-hybridized carbons (Fsp3) is 0.588. The van der Waals surface area contributed by atoms with Gasteiger partial charge in [-0.25, -0.2) is 9.78 Å². The predicted octanol–water partition coefficient (Wildman–Crippen LogP) is -0.00160. The van der Waals surface area contributed by atoms with Crippen LogP contribution < -0.4 is 16.0 Å². The van der Waals surface area contributed by atoms with Gasteiger partial charge in [0.15, 0.2) is 5.65 Å². The Balaban J connectivity index is 2.09. The van der Waals surface area contributed by atoms with Crippen LogP contribution in [0.4, 0.5) is 0 Å². The third-order valence-corrected chi connectivity index (χ3v) is 4.71. The van der Waals surface area contributed by atoms with E-state index in [0.29, 0.717) is 49.5 Å². The number of methoxy groups -OCH3 is 1. The highest BCUT2D eigenvalue weighted by molar-refractivity contribution is 5.82. The molecule has 1 fully saturated rings. The van der Waals surface area contributed by atoms with Crippen LogP contribution in [0.5, 0.6) is 5.75 Å². The average molecular weight is 348 g/mol. The minimum absolute atomic E-state index is 0.334. The molecule has 0 unspecified atom stereocenters. The van der Waals surface area contributed by atoms with Gasteiger partial charge < -0.3 is 9.47 Å². The van der Waals surface area contributed by atoms with Crippen molar-refractivity contribution in [2.45, 2.75) is 19.9 Å². The Morgan fingerprint density at radius 2 is 1.96 bits per heavy atom. The van der Waals surface area contributed by atoms with Crippen LogP contribution in [0.15, 0.2) is 15.8 Å². The second-order valence-electron chi connectivity index (χ2n) is 6.12. The summed E-state index contributed by atoms with van der Waals surface area (Å²) in [6.07, 6.45) is 2.36. The van der Waals surface area contributed by atoms with Crippen LogP contribution in [0, 0.1) is 0 Å². The number of pyridine rings is 1. The lowest BCUT2D eigenvalue weighted by atomic mass is 10.1. The minimum atomic E-state index is -0.357. The lowest BCUT2D eigenvalue weighted by molar-refractivity contribution is 0.0361. The van der Waals surface area contributed by atoms with E-state index in [1.807, 2.05) is 6.92 Å². The summed E-state index contributed by atoms with van der Waals surface area (Å²) in [7, 11) is 3.17. The van der Waals surface area contributed by atoms with Crippen molar-refractivity contribution in [1.29, 1.82) is 0 Å². The molecule has 2 aromatic rings. The Morgan fingerprint density at radius 3 is 2.60 bits per heavy atom. The smallest absolute Gasteiger partial charge is 0.332 e. The van der Waals surface area contributed by atoms with Crippen LogP contribution in [-0.2, 0) is 24.8 Å². The SMILES string of the molecule is CCc1cnc2c(c1OC)c(=O)n(CCN1CCOCC1)c(=O)n2C. The van der Waals surface area contributed by atoms with Crippen LogP contribution in [0.25, 0.3) is 11.0 Å². The summed E-state index contributed by atoms with van der Waals surface area (Å²) in [5.41, 5.74) is 0.507. The fourth-order valence-electron chi connectivity index (χ4n) is 3.21. The molecule has 0 aromatic carbocycles. The lowest BCUT2D eigenvalue weighted by Gasteiger charge is -2.26. The summed E-state index contributed by atoms with van der Waals surface area (Å²) in [6, 6.07) is 0. The van der Waals surface area contributed by atoms with Crippen molar-refractivity contribution < 1.29 is 9.47 Å². The maximum Gasteiger partial charge on any atom is 0.332 e. The maximum atomic E-state index is 13.0. The van der Waals surface area contributed by atoms with Crippen molar-refractivity contribution in [3.63, 3.8) is 0 Å². The van der Waals surface area contributed by atoms with Gasteiger partial charge in [-0.05, 0) is 6.42 Å². The molecule has 0 N–H and O–H groups in total. The Hall–Kier alpha value is -2.19. The highest BCUT2D eigenvalue weighted by Gasteiger charge is 2.19. The normalized spacial score (nSPS) is 15.6. The average Bonchev–Trinajstić information content (AvgIpc) is 2.65. The van der Waals surface area contributed by atoms with E-state index in [-0.39, 0.29) is 11.2 Å². The van der Waals surface area contributed by atoms with Gasteiger partial charge in [0.25, 0.3) is 5.56 Å². The Kier molecular flexibility index (Phi) is 5.19.